The van der Waals surface area contributed by atoms with Crippen LogP contribution in [-0.2, 0) is 0 Å². The van der Waals surface area contributed by atoms with Crippen molar-refractivity contribution in [2.45, 2.75) is 32.7 Å². The first-order valence-corrected chi connectivity index (χ1v) is 8.19. The first-order chi connectivity index (χ1) is 10.3. The van der Waals surface area contributed by atoms with Crippen LogP contribution in [0.2, 0.25) is 0 Å². The van der Waals surface area contributed by atoms with Gasteiger partial charge in [-0.15, -0.1) is 0 Å². The minimum Gasteiger partial charge on any atom is -0.490 e. The molecule has 0 aromatic heterocycles. The topological polar surface area (TPSA) is 33.7 Å². The molecule has 0 amide bonds. The van der Waals surface area contributed by atoms with Crippen molar-refractivity contribution >= 4 is 5.69 Å². The molecule has 1 aliphatic heterocycles. The molecule has 1 saturated carbocycles. The van der Waals surface area contributed by atoms with E-state index in [1.54, 1.807) is 0 Å². The molecule has 0 radical (unpaired) electrons. The lowest BCUT2D eigenvalue weighted by atomic mass is 10.1. The molecule has 1 heterocycles. The van der Waals surface area contributed by atoms with Gasteiger partial charge in [0.15, 0.2) is 11.5 Å². The molecule has 2 aliphatic rings. The Morgan fingerprint density at radius 1 is 1.14 bits per heavy atom. The highest BCUT2D eigenvalue weighted by molar-refractivity contribution is 5.57. The molecule has 21 heavy (non-hydrogen) atoms. The number of rotatable bonds is 6. The van der Waals surface area contributed by atoms with Gasteiger partial charge < -0.3 is 19.7 Å². The normalized spacial score (nSPS) is 22.2. The highest BCUT2D eigenvalue weighted by Gasteiger charge is 2.34. The number of nitrogens with zero attached hydrogens (tertiary/aromatic N) is 1. The summed E-state index contributed by atoms with van der Waals surface area (Å²) in [5.41, 5.74) is 1.24. The van der Waals surface area contributed by atoms with Crippen LogP contribution >= 0.6 is 0 Å². The van der Waals surface area contributed by atoms with Crippen molar-refractivity contribution < 1.29 is 9.47 Å². The van der Waals surface area contributed by atoms with Gasteiger partial charge in [-0.3, -0.25) is 0 Å². The lowest BCUT2D eigenvalue weighted by Gasteiger charge is -2.35. The lowest BCUT2D eigenvalue weighted by Crippen LogP contribution is -2.51. The van der Waals surface area contributed by atoms with Gasteiger partial charge in [-0.05, 0) is 44.7 Å². The average molecular weight is 290 g/mol. The molecular weight excluding hydrogens is 264 g/mol. The van der Waals surface area contributed by atoms with Crippen molar-refractivity contribution in [3.63, 3.8) is 0 Å². The zero-order valence-electron chi connectivity index (χ0n) is 13.1. The third kappa shape index (κ3) is 3.43. The van der Waals surface area contributed by atoms with Gasteiger partial charge in [0.2, 0.25) is 0 Å². The quantitative estimate of drug-likeness (QED) is 0.873. The summed E-state index contributed by atoms with van der Waals surface area (Å²) in [6.07, 6.45) is 2.78. The van der Waals surface area contributed by atoms with Crippen LogP contribution in [0, 0.1) is 5.92 Å². The van der Waals surface area contributed by atoms with Crippen LogP contribution < -0.4 is 19.7 Å². The molecule has 116 valence electrons. The summed E-state index contributed by atoms with van der Waals surface area (Å²) in [6, 6.07) is 6.98. The number of hydrogen-bond acceptors (Lipinski definition) is 4. The van der Waals surface area contributed by atoms with Gasteiger partial charge in [0.05, 0.1) is 13.2 Å². The van der Waals surface area contributed by atoms with Gasteiger partial charge in [0, 0.05) is 37.4 Å². The van der Waals surface area contributed by atoms with Crippen molar-refractivity contribution in [3.8, 4) is 11.5 Å². The summed E-state index contributed by atoms with van der Waals surface area (Å²) < 4.78 is 11.4. The number of benzene rings is 1. The molecule has 0 bridgehead atoms. The third-order valence-electron chi connectivity index (χ3n) is 4.29. The molecule has 1 saturated heterocycles. The molecule has 3 rings (SSSR count). The molecule has 4 nitrogen and oxygen atoms in total. The van der Waals surface area contributed by atoms with E-state index in [4.69, 9.17) is 9.47 Å². The zero-order valence-corrected chi connectivity index (χ0v) is 13.1. The van der Waals surface area contributed by atoms with E-state index in [9.17, 15) is 0 Å². The van der Waals surface area contributed by atoms with Gasteiger partial charge in [0.1, 0.15) is 0 Å². The van der Waals surface area contributed by atoms with Crippen molar-refractivity contribution in [2.24, 2.45) is 5.92 Å². The maximum atomic E-state index is 5.74. The van der Waals surface area contributed by atoms with Crippen molar-refractivity contribution in [2.75, 3.05) is 37.7 Å². The first kappa shape index (κ1) is 14.5. The summed E-state index contributed by atoms with van der Waals surface area (Å²) in [6.45, 7) is 8.56. The molecule has 1 N–H and O–H groups in total. The summed E-state index contributed by atoms with van der Waals surface area (Å²) in [5, 5.41) is 3.65. The Balaban J connectivity index is 1.75. The number of ether oxygens (including phenoxy) is 2. The predicted octanol–water partition coefficient (Wildman–Crippen LogP) is 2.67. The zero-order chi connectivity index (χ0) is 14.7. The van der Waals surface area contributed by atoms with E-state index < -0.39 is 0 Å². The van der Waals surface area contributed by atoms with Crippen LogP contribution in [0.25, 0.3) is 0 Å². The van der Waals surface area contributed by atoms with Gasteiger partial charge in [0.25, 0.3) is 0 Å². The van der Waals surface area contributed by atoms with Gasteiger partial charge in [-0.25, -0.2) is 0 Å². The second kappa shape index (κ2) is 6.56. The molecule has 2 fully saturated rings. The maximum Gasteiger partial charge on any atom is 0.163 e. The molecule has 0 spiro atoms. The monoisotopic (exact) mass is 290 g/mol. The summed E-state index contributed by atoms with van der Waals surface area (Å²) in [5.74, 6) is 2.59. The number of anilines is 1. The third-order valence-corrected chi connectivity index (χ3v) is 4.29. The lowest BCUT2D eigenvalue weighted by molar-refractivity contribution is 0.287. The van der Waals surface area contributed by atoms with Crippen LogP contribution in [0.5, 0.6) is 11.5 Å². The molecular formula is C17H26N2O2. The van der Waals surface area contributed by atoms with E-state index in [0.29, 0.717) is 19.3 Å². The van der Waals surface area contributed by atoms with E-state index in [2.05, 4.69) is 22.3 Å². The Labute approximate surface area is 127 Å². The number of piperazine rings is 1. The Hall–Kier alpha value is -1.42. The van der Waals surface area contributed by atoms with Crippen LogP contribution in [0.1, 0.15) is 26.7 Å². The second-order valence-electron chi connectivity index (χ2n) is 5.84. The van der Waals surface area contributed by atoms with Crippen LogP contribution in [0.3, 0.4) is 0 Å². The largest absolute Gasteiger partial charge is 0.490 e. The second-order valence-corrected chi connectivity index (χ2v) is 5.84. The Morgan fingerprint density at radius 3 is 2.62 bits per heavy atom. The van der Waals surface area contributed by atoms with E-state index in [-0.39, 0.29) is 0 Å². The standard InChI is InChI=1S/C17H26N2O2/c1-3-20-16-8-7-14(11-17(16)21-4-2)19-10-9-18-15(12-19)13-5-6-13/h7-8,11,13,15,18H,3-6,9-10,12H2,1-2H3. The average Bonchev–Trinajstić information content (AvgIpc) is 3.34. The van der Waals surface area contributed by atoms with E-state index in [1.807, 2.05) is 19.9 Å². The van der Waals surface area contributed by atoms with Crippen LogP contribution in [-0.4, -0.2) is 38.9 Å². The van der Waals surface area contributed by atoms with E-state index in [1.165, 1.54) is 18.5 Å². The fourth-order valence-electron chi connectivity index (χ4n) is 3.06. The summed E-state index contributed by atoms with van der Waals surface area (Å²) in [7, 11) is 0. The highest BCUT2D eigenvalue weighted by atomic mass is 16.5. The molecule has 1 aliphatic carbocycles. The summed E-state index contributed by atoms with van der Waals surface area (Å²) in [4.78, 5) is 2.47. The molecule has 1 aromatic carbocycles. The fraction of sp³-hybridized carbons (Fsp3) is 0.647. The smallest absolute Gasteiger partial charge is 0.163 e. The van der Waals surface area contributed by atoms with Crippen molar-refractivity contribution in [1.82, 2.24) is 5.32 Å². The molecule has 1 atom stereocenters. The predicted molar refractivity (Wildman–Crippen MR) is 85.5 cm³/mol. The van der Waals surface area contributed by atoms with Crippen LogP contribution in [0.4, 0.5) is 5.69 Å². The summed E-state index contributed by atoms with van der Waals surface area (Å²) >= 11 is 0. The molecule has 1 unspecified atom stereocenters. The van der Waals surface area contributed by atoms with E-state index >= 15 is 0 Å². The van der Waals surface area contributed by atoms with Crippen molar-refractivity contribution in [3.05, 3.63) is 18.2 Å². The Kier molecular flexibility index (Phi) is 4.54. The van der Waals surface area contributed by atoms with Crippen LogP contribution in [0.15, 0.2) is 18.2 Å². The Bertz CT molecular complexity index is 474. The minimum absolute atomic E-state index is 0.654. The van der Waals surface area contributed by atoms with Gasteiger partial charge in [-0.2, -0.15) is 0 Å². The SMILES string of the molecule is CCOc1ccc(N2CCNC(C3CC3)C2)cc1OCC. The minimum atomic E-state index is 0.654. The number of hydrogen-bond donors (Lipinski definition) is 1. The van der Waals surface area contributed by atoms with Gasteiger partial charge in [-0.1, -0.05) is 0 Å². The maximum absolute atomic E-state index is 5.74. The van der Waals surface area contributed by atoms with Gasteiger partial charge >= 0.3 is 0 Å². The van der Waals surface area contributed by atoms with E-state index in [0.717, 1.165) is 37.1 Å². The molecule has 1 aromatic rings. The molecule has 4 heteroatoms. The fourth-order valence-corrected chi connectivity index (χ4v) is 3.06. The van der Waals surface area contributed by atoms with Crippen molar-refractivity contribution in [1.29, 1.82) is 0 Å². The number of nitrogens with one attached hydrogen (secondary N) is 1. The first-order valence-electron chi connectivity index (χ1n) is 8.19. The highest BCUT2D eigenvalue weighted by Crippen LogP contribution is 2.36. The Morgan fingerprint density at radius 2 is 1.90 bits per heavy atom.